The lowest BCUT2D eigenvalue weighted by Crippen LogP contribution is -2.34. The molecule has 0 aromatic carbocycles. The number of carbonyl (C=O) groups is 1. The quantitative estimate of drug-likeness (QED) is 0.345. The molecular weight excluding hydrogens is 468 g/mol. The molecule has 0 amide bonds. The minimum absolute atomic E-state index is 0.145. The van der Waals surface area contributed by atoms with Crippen LogP contribution in [0.2, 0.25) is 0 Å². The summed E-state index contributed by atoms with van der Waals surface area (Å²) in [5.41, 5.74) is 6.84. The standard InChI is InChI=1S/C20H30N6O7S/c1-20(2)32-15-12(7-9-34(28,29)25-8-5-4-6-13(27)30-3)31-19(16(15)33-20)26-11-24-14-17(21)22-10-23-18(14)26/h10-12,15-16,19,25H,4-9H2,1-3H3,(H2,21,22,23)/t12-,15-,16-,19-/m1/s1. The van der Waals surface area contributed by atoms with Gasteiger partial charge in [-0.3, -0.25) is 9.36 Å². The van der Waals surface area contributed by atoms with Gasteiger partial charge in [-0.25, -0.2) is 28.1 Å². The molecule has 188 valence electrons. The van der Waals surface area contributed by atoms with Crippen molar-refractivity contribution >= 4 is 33.0 Å². The highest BCUT2D eigenvalue weighted by atomic mass is 32.2. The van der Waals surface area contributed by atoms with E-state index < -0.39 is 40.4 Å². The van der Waals surface area contributed by atoms with Gasteiger partial charge >= 0.3 is 5.97 Å². The Hall–Kier alpha value is -2.39. The zero-order chi connectivity index (χ0) is 24.5. The van der Waals surface area contributed by atoms with Crippen LogP contribution in [-0.4, -0.2) is 77.4 Å². The predicted molar refractivity (Wildman–Crippen MR) is 120 cm³/mol. The van der Waals surface area contributed by atoms with Crippen molar-refractivity contribution in [2.75, 3.05) is 25.1 Å². The number of ether oxygens (including phenoxy) is 4. The van der Waals surface area contributed by atoms with Gasteiger partial charge in [0.25, 0.3) is 0 Å². The van der Waals surface area contributed by atoms with Crippen LogP contribution >= 0.6 is 0 Å². The first-order valence-electron chi connectivity index (χ1n) is 11.1. The van der Waals surface area contributed by atoms with Crippen LogP contribution in [0.3, 0.4) is 0 Å². The number of unbranched alkanes of at least 4 members (excludes halogenated alkanes) is 1. The fourth-order valence-electron chi connectivity index (χ4n) is 4.24. The predicted octanol–water partition coefficient (Wildman–Crippen LogP) is 0.479. The summed E-state index contributed by atoms with van der Waals surface area (Å²) >= 11 is 0. The Morgan fingerprint density at radius 3 is 2.76 bits per heavy atom. The maximum Gasteiger partial charge on any atom is 0.305 e. The fourth-order valence-corrected chi connectivity index (χ4v) is 5.38. The lowest BCUT2D eigenvalue weighted by Gasteiger charge is -2.24. The monoisotopic (exact) mass is 498 g/mol. The van der Waals surface area contributed by atoms with Crippen molar-refractivity contribution in [3.63, 3.8) is 0 Å². The maximum atomic E-state index is 12.5. The topological polar surface area (TPSA) is 170 Å². The van der Waals surface area contributed by atoms with Crippen LogP contribution < -0.4 is 10.5 Å². The number of nitrogens with zero attached hydrogens (tertiary/aromatic N) is 4. The molecule has 0 spiro atoms. The van der Waals surface area contributed by atoms with E-state index in [4.69, 9.17) is 19.9 Å². The summed E-state index contributed by atoms with van der Waals surface area (Å²) < 4.78 is 52.2. The molecule has 0 radical (unpaired) electrons. The molecule has 4 atom stereocenters. The number of sulfonamides is 1. The second kappa shape index (κ2) is 9.70. The summed E-state index contributed by atoms with van der Waals surface area (Å²) in [5.74, 6) is -1.06. The molecule has 0 bridgehead atoms. The SMILES string of the molecule is COC(=O)CCCCNS(=O)(=O)CC[C@H]1O[C@@H](n2cnc3c(N)ncnc32)[C@@H]2OC(C)(C)O[C@@H]21. The molecule has 2 aromatic heterocycles. The van der Waals surface area contributed by atoms with Crippen molar-refractivity contribution in [3.8, 4) is 0 Å². The highest BCUT2D eigenvalue weighted by molar-refractivity contribution is 7.89. The second-order valence-electron chi connectivity index (χ2n) is 8.75. The Bertz CT molecular complexity index is 1140. The number of hydrogen-bond acceptors (Lipinski definition) is 11. The molecule has 4 rings (SSSR count). The third kappa shape index (κ3) is 5.30. The molecule has 14 heteroatoms. The molecular formula is C20H30N6O7S. The van der Waals surface area contributed by atoms with Gasteiger partial charge in [0.2, 0.25) is 10.0 Å². The Kier molecular flexibility index (Phi) is 7.05. The molecule has 34 heavy (non-hydrogen) atoms. The van der Waals surface area contributed by atoms with Crippen LogP contribution in [0.1, 0.15) is 45.8 Å². The fraction of sp³-hybridized carbons (Fsp3) is 0.700. The van der Waals surface area contributed by atoms with Crippen molar-refractivity contribution in [2.45, 2.75) is 69.9 Å². The molecule has 0 unspecified atom stereocenters. The van der Waals surface area contributed by atoms with E-state index in [1.54, 1.807) is 24.7 Å². The normalized spacial score (nSPS) is 26.1. The number of carbonyl (C=O) groups excluding carboxylic acids is 1. The molecule has 4 heterocycles. The van der Waals surface area contributed by atoms with Crippen LogP contribution in [0.15, 0.2) is 12.7 Å². The molecule has 0 aliphatic carbocycles. The lowest BCUT2D eigenvalue weighted by molar-refractivity contribution is -0.196. The van der Waals surface area contributed by atoms with Gasteiger partial charge < -0.3 is 24.7 Å². The third-order valence-corrected chi connectivity index (χ3v) is 7.23. The number of anilines is 1. The molecule has 3 N–H and O–H groups in total. The van der Waals surface area contributed by atoms with E-state index >= 15 is 0 Å². The minimum atomic E-state index is -3.54. The van der Waals surface area contributed by atoms with E-state index in [1.807, 2.05) is 0 Å². The average Bonchev–Trinajstić information content (AvgIpc) is 3.43. The van der Waals surface area contributed by atoms with Crippen LogP contribution in [0.25, 0.3) is 11.2 Å². The first-order valence-corrected chi connectivity index (χ1v) is 12.7. The van der Waals surface area contributed by atoms with Crippen molar-refractivity contribution in [1.82, 2.24) is 24.2 Å². The number of hydrogen-bond donors (Lipinski definition) is 2. The molecule has 2 fully saturated rings. The Morgan fingerprint density at radius 2 is 2.00 bits per heavy atom. The number of methoxy groups -OCH3 is 1. The summed E-state index contributed by atoms with van der Waals surface area (Å²) in [7, 11) is -2.22. The van der Waals surface area contributed by atoms with Crippen molar-refractivity contribution < 1.29 is 32.2 Å². The minimum Gasteiger partial charge on any atom is -0.469 e. The molecule has 13 nitrogen and oxygen atoms in total. The Balaban J connectivity index is 1.40. The lowest BCUT2D eigenvalue weighted by atomic mass is 10.1. The van der Waals surface area contributed by atoms with Gasteiger partial charge in [-0.1, -0.05) is 0 Å². The van der Waals surface area contributed by atoms with Crippen molar-refractivity contribution in [2.24, 2.45) is 0 Å². The van der Waals surface area contributed by atoms with Gasteiger partial charge in [-0.15, -0.1) is 0 Å². The number of nitrogens with one attached hydrogen (secondary N) is 1. The first kappa shape index (κ1) is 24.7. The highest BCUT2D eigenvalue weighted by Crippen LogP contribution is 2.44. The maximum absolute atomic E-state index is 12.5. The van der Waals surface area contributed by atoms with E-state index in [-0.39, 0.29) is 36.9 Å². The number of aromatic nitrogens is 4. The van der Waals surface area contributed by atoms with Crippen LogP contribution in [0.4, 0.5) is 5.82 Å². The van der Waals surface area contributed by atoms with Crippen LogP contribution in [-0.2, 0) is 33.8 Å². The van der Waals surface area contributed by atoms with Gasteiger partial charge in [0, 0.05) is 13.0 Å². The zero-order valence-electron chi connectivity index (χ0n) is 19.3. The van der Waals surface area contributed by atoms with Crippen molar-refractivity contribution in [1.29, 1.82) is 0 Å². The Morgan fingerprint density at radius 1 is 1.24 bits per heavy atom. The van der Waals surface area contributed by atoms with Crippen molar-refractivity contribution in [3.05, 3.63) is 12.7 Å². The molecule has 0 saturated carbocycles. The Labute approximate surface area is 197 Å². The second-order valence-corrected chi connectivity index (χ2v) is 10.7. The highest BCUT2D eigenvalue weighted by Gasteiger charge is 2.56. The van der Waals surface area contributed by atoms with Gasteiger partial charge in [0.1, 0.15) is 24.1 Å². The summed E-state index contributed by atoms with van der Waals surface area (Å²) in [4.78, 5) is 23.7. The number of nitrogen functional groups attached to an aromatic ring is 1. The van der Waals surface area contributed by atoms with Crippen LogP contribution in [0.5, 0.6) is 0 Å². The van der Waals surface area contributed by atoms with Gasteiger partial charge in [0.15, 0.2) is 23.5 Å². The van der Waals surface area contributed by atoms with E-state index in [0.717, 1.165) is 0 Å². The number of fused-ring (bicyclic) bond motifs is 2. The number of esters is 1. The van der Waals surface area contributed by atoms with E-state index in [0.29, 0.717) is 24.0 Å². The molecule has 2 aliphatic rings. The molecule has 2 saturated heterocycles. The summed E-state index contributed by atoms with van der Waals surface area (Å²) in [6.07, 6.45) is 2.35. The summed E-state index contributed by atoms with van der Waals surface area (Å²) in [6, 6.07) is 0. The number of imidazole rings is 1. The molecule has 2 aromatic rings. The number of nitrogens with two attached hydrogens (primary N) is 1. The van der Waals surface area contributed by atoms with E-state index in [2.05, 4.69) is 24.4 Å². The summed E-state index contributed by atoms with van der Waals surface area (Å²) in [6.45, 7) is 3.85. The van der Waals surface area contributed by atoms with Gasteiger partial charge in [-0.2, -0.15) is 0 Å². The van der Waals surface area contributed by atoms with Gasteiger partial charge in [0.05, 0.1) is 25.3 Å². The summed E-state index contributed by atoms with van der Waals surface area (Å²) in [5, 5.41) is 0. The zero-order valence-corrected chi connectivity index (χ0v) is 20.2. The van der Waals surface area contributed by atoms with Gasteiger partial charge in [-0.05, 0) is 33.1 Å². The first-order chi connectivity index (χ1) is 16.1. The number of rotatable bonds is 10. The molecule has 2 aliphatic heterocycles. The van der Waals surface area contributed by atoms with E-state index in [9.17, 15) is 13.2 Å². The largest absolute Gasteiger partial charge is 0.469 e. The third-order valence-electron chi connectivity index (χ3n) is 5.81. The van der Waals surface area contributed by atoms with Crippen LogP contribution in [0, 0.1) is 0 Å². The van der Waals surface area contributed by atoms with E-state index in [1.165, 1.54) is 13.4 Å². The smallest absolute Gasteiger partial charge is 0.305 e. The average molecular weight is 499 g/mol.